The van der Waals surface area contributed by atoms with Gasteiger partial charge in [-0.3, -0.25) is 9.69 Å². The predicted molar refractivity (Wildman–Crippen MR) is 105 cm³/mol. The molecule has 1 atom stereocenters. The van der Waals surface area contributed by atoms with E-state index in [1.165, 1.54) is 22.3 Å². The Balaban J connectivity index is 1.50. The Morgan fingerprint density at radius 3 is 2.22 bits per heavy atom. The summed E-state index contributed by atoms with van der Waals surface area (Å²) in [6, 6.07) is 16.2. The minimum absolute atomic E-state index is 0.0446. The Labute approximate surface area is 160 Å². The van der Waals surface area contributed by atoms with Crippen LogP contribution in [0.2, 0.25) is 0 Å². The van der Waals surface area contributed by atoms with Crippen LogP contribution in [0.4, 0.5) is 4.79 Å². The number of hydrogen-bond donors (Lipinski definition) is 0. The molecule has 0 spiro atoms. The number of fused-ring (bicyclic) bond motifs is 3. The van der Waals surface area contributed by atoms with Crippen molar-refractivity contribution >= 4 is 11.9 Å². The molecule has 0 saturated carbocycles. The normalized spacial score (nSPS) is 18.5. The zero-order valence-electron chi connectivity index (χ0n) is 15.9. The minimum Gasteiger partial charge on any atom is -0.448 e. The molecule has 0 bridgehead atoms. The molecule has 4 heteroatoms. The van der Waals surface area contributed by atoms with E-state index in [0.717, 1.165) is 12.8 Å². The molecule has 1 aliphatic carbocycles. The minimum atomic E-state index is -0.367. The Morgan fingerprint density at radius 1 is 1.04 bits per heavy atom. The summed E-state index contributed by atoms with van der Waals surface area (Å²) < 4.78 is 5.72. The number of amides is 1. The molecule has 1 amide bonds. The summed E-state index contributed by atoms with van der Waals surface area (Å²) in [4.78, 5) is 26.7. The molecule has 2 aliphatic rings. The molecule has 2 aromatic carbocycles. The number of rotatable bonds is 4. The molecule has 0 unspecified atom stereocenters. The van der Waals surface area contributed by atoms with E-state index in [2.05, 4.69) is 24.3 Å². The van der Waals surface area contributed by atoms with Crippen molar-refractivity contribution in [3.63, 3.8) is 0 Å². The van der Waals surface area contributed by atoms with Crippen LogP contribution >= 0.6 is 0 Å². The highest BCUT2D eigenvalue weighted by Crippen LogP contribution is 2.44. The largest absolute Gasteiger partial charge is 0.448 e. The third-order valence-corrected chi connectivity index (χ3v) is 5.72. The summed E-state index contributed by atoms with van der Waals surface area (Å²) in [6.07, 6.45) is 1.22. The first-order valence-corrected chi connectivity index (χ1v) is 9.73. The first-order valence-electron chi connectivity index (χ1n) is 9.73. The number of likely N-dealkylation sites (tertiary alicyclic amines) is 1. The van der Waals surface area contributed by atoms with E-state index >= 15 is 0 Å². The van der Waals surface area contributed by atoms with Crippen LogP contribution < -0.4 is 0 Å². The number of hydrogen-bond acceptors (Lipinski definition) is 3. The molecule has 27 heavy (non-hydrogen) atoms. The number of Topliss-reactive ketones (excluding diaryl/α,β-unsaturated/α-hetero) is 1. The average Bonchev–Trinajstić information content (AvgIpc) is 3.29. The van der Waals surface area contributed by atoms with Gasteiger partial charge in [-0.1, -0.05) is 62.4 Å². The predicted octanol–water partition coefficient (Wildman–Crippen LogP) is 4.63. The van der Waals surface area contributed by atoms with Crippen LogP contribution in [0.5, 0.6) is 0 Å². The van der Waals surface area contributed by atoms with Crippen molar-refractivity contribution in [2.24, 2.45) is 5.92 Å². The molecule has 1 fully saturated rings. The highest BCUT2D eigenvalue weighted by molar-refractivity contribution is 5.89. The highest BCUT2D eigenvalue weighted by Gasteiger charge is 2.37. The summed E-state index contributed by atoms with van der Waals surface area (Å²) in [7, 11) is 0. The van der Waals surface area contributed by atoms with Crippen molar-refractivity contribution in [2.45, 2.75) is 38.6 Å². The number of carbonyl (C=O) groups is 2. The molecule has 1 heterocycles. The van der Waals surface area contributed by atoms with Gasteiger partial charge >= 0.3 is 6.09 Å². The molecular weight excluding hydrogens is 338 g/mol. The van der Waals surface area contributed by atoms with Crippen LogP contribution in [0.1, 0.15) is 43.7 Å². The standard InChI is InChI=1S/C23H25NO3/c1-15(2)22(25)21-12-7-13-24(21)23(26)27-14-20-18-10-5-3-8-16(18)17-9-4-6-11-19(17)20/h3-6,8-11,15,20-21H,7,12-14H2,1-2H3/t21-/m1/s1. The number of carbonyl (C=O) groups excluding carboxylic acids is 2. The van der Waals surface area contributed by atoms with Gasteiger partial charge in [0.25, 0.3) is 0 Å². The van der Waals surface area contributed by atoms with Gasteiger partial charge in [-0.2, -0.15) is 0 Å². The Bertz CT molecular complexity index is 828. The number of ether oxygens (including phenoxy) is 1. The lowest BCUT2D eigenvalue weighted by Gasteiger charge is -2.25. The lowest BCUT2D eigenvalue weighted by Crippen LogP contribution is -2.42. The fraction of sp³-hybridized carbons (Fsp3) is 0.391. The summed E-state index contributed by atoms with van der Waals surface area (Å²) in [5.74, 6) is 0.0983. The second-order valence-corrected chi connectivity index (χ2v) is 7.71. The molecule has 1 aliphatic heterocycles. The quantitative estimate of drug-likeness (QED) is 0.796. The van der Waals surface area contributed by atoms with Gasteiger partial charge < -0.3 is 4.74 Å². The second-order valence-electron chi connectivity index (χ2n) is 7.71. The third-order valence-electron chi connectivity index (χ3n) is 5.72. The zero-order chi connectivity index (χ0) is 19.0. The van der Waals surface area contributed by atoms with Crippen molar-refractivity contribution < 1.29 is 14.3 Å². The fourth-order valence-electron chi connectivity index (χ4n) is 4.34. The van der Waals surface area contributed by atoms with E-state index in [1.54, 1.807) is 4.90 Å². The van der Waals surface area contributed by atoms with Gasteiger partial charge in [0.2, 0.25) is 0 Å². The van der Waals surface area contributed by atoms with E-state index in [0.29, 0.717) is 13.2 Å². The van der Waals surface area contributed by atoms with Crippen LogP contribution in [0.25, 0.3) is 11.1 Å². The number of nitrogens with zero attached hydrogens (tertiary/aromatic N) is 1. The number of ketones is 1. The highest BCUT2D eigenvalue weighted by atomic mass is 16.6. The van der Waals surface area contributed by atoms with Crippen LogP contribution in [0.3, 0.4) is 0 Å². The molecular formula is C23H25NO3. The Kier molecular flexibility index (Phi) is 4.73. The van der Waals surface area contributed by atoms with Crippen LogP contribution in [-0.2, 0) is 9.53 Å². The van der Waals surface area contributed by atoms with Crippen molar-refractivity contribution in [1.29, 1.82) is 0 Å². The SMILES string of the molecule is CC(C)C(=O)[C@H]1CCCN1C(=O)OCC1c2ccccc2-c2ccccc21. The third kappa shape index (κ3) is 3.14. The summed E-state index contributed by atoms with van der Waals surface area (Å²) >= 11 is 0. The first-order chi connectivity index (χ1) is 13.1. The van der Waals surface area contributed by atoms with Gasteiger partial charge in [-0.05, 0) is 35.1 Å². The number of benzene rings is 2. The van der Waals surface area contributed by atoms with Gasteiger partial charge in [-0.15, -0.1) is 0 Å². The molecule has 0 radical (unpaired) electrons. The van der Waals surface area contributed by atoms with Gasteiger partial charge in [0.05, 0.1) is 6.04 Å². The average molecular weight is 363 g/mol. The molecule has 4 nitrogen and oxygen atoms in total. The molecule has 0 aromatic heterocycles. The maximum atomic E-state index is 12.7. The van der Waals surface area contributed by atoms with Gasteiger partial charge in [0, 0.05) is 18.4 Å². The molecule has 0 N–H and O–H groups in total. The summed E-state index contributed by atoms with van der Waals surface area (Å²) in [5.41, 5.74) is 4.82. The molecule has 4 rings (SSSR count). The van der Waals surface area contributed by atoms with Crippen molar-refractivity contribution in [3.8, 4) is 11.1 Å². The van der Waals surface area contributed by atoms with Crippen molar-refractivity contribution in [3.05, 3.63) is 59.7 Å². The lowest BCUT2D eigenvalue weighted by molar-refractivity contribution is -0.125. The monoisotopic (exact) mass is 363 g/mol. The molecule has 140 valence electrons. The van der Waals surface area contributed by atoms with Crippen molar-refractivity contribution in [1.82, 2.24) is 4.90 Å². The molecule has 2 aromatic rings. The van der Waals surface area contributed by atoms with E-state index in [1.807, 2.05) is 38.1 Å². The first kappa shape index (κ1) is 17.8. The smallest absolute Gasteiger partial charge is 0.410 e. The van der Waals surface area contributed by atoms with E-state index < -0.39 is 0 Å². The van der Waals surface area contributed by atoms with E-state index in [9.17, 15) is 9.59 Å². The maximum Gasteiger partial charge on any atom is 0.410 e. The van der Waals surface area contributed by atoms with Crippen LogP contribution in [-0.4, -0.2) is 36.0 Å². The summed E-state index contributed by atoms with van der Waals surface area (Å²) in [6.45, 7) is 4.67. The van der Waals surface area contributed by atoms with Gasteiger partial charge in [0.15, 0.2) is 5.78 Å². The second kappa shape index (κ2) is 7.18. The Morgan fingerprint density at radius 2 is 1.63 bits per heavy atom. The lowest BCUT2D eigenvalue weighted by atomic mass is 9.98. The summed E-state index contributed by atoms with van der Waals surface area (Å²) in [5, 5.41) is 0. The topological polar surface area (TPSA) is 46.6 Å². The molecule has 1 saturated heterocycles. The Hall–Kier alpha value is -2.62. The van der Waals surface area contributed by atoms with Gasteiger partial charge in [-0.25, -0.2) is 4.79 Å². The van der Waals surface area contributed by atoms with Crippen LogP contribution in [0, 0.1) is 5.92 Å². The van der Waals surface area contributed by atoms with Gasteiger partial charge in [0.1, 0.15) is 6.61 Å². The maximum absolute atomic E-state index is 12.7. The van der Waals surface area contributed by atoms with Crippen molar-refractivity contribution in [2.75, 3.05) is 13.2 Å². The van der Waals surface area contributed by atoms with E-state index in [-0.39, 0.29) is 29.8 Å². The van der Waals surface area contributed by atoms with Crippen LogP contribution in [0.15, 0.2) is 48.5 Å². The zero-order valence-corrected chi connectivity index (χ0v) is 15.9. The fourth-order valence-corrected chi connectivity index (χ4v) is 4.34. The van der Waals surface area contributed by atoms with E-state index in [4.69, 9.17) is 4.74 Å².